The Kier molecular flexibility index (Phi) is 8.53. The molecule has 0 atom stereocenters. The van der Waals surface area contributed by atoms with Gasteiger partial charge in [0.05, 0.1) is 6.54 Å². The van der Waals surface area contributed by atoms with E-state index in [0.717, 1.165) is 23.0 Å². The summed E-state index contributed by atoms with van der Waals surface area (Å²) in [6.07, 6.45) is 1.94. The molecule has 1 aromatic rings. The van der Waals surface area contributed by atoms with Crippen LogP contribution in [0.1, 0.15) is 36.7 Å². The van der Waals surface area contributed by atoms with E-state index in [2.05, 4.69) is 10.3 Å². The molecule has 170 valence electrons. The molecule has 3 rings (SSSR count). The number of aldehydes is 1. The van der Waals surface area contributed by atoms with Gasteiger partial charge in [-0.25, -0.2) is 13.8 Å². The average molecular weight is 437 g/mol. The quantitative estimate of drug-likeness (QED) is 0.661. The zero-order valence-corrected chi connectivity index (χ0v) is 18.6. The number of halogens is 2. The number of hydrogen-bond acceptors (Lipinski definition) is 6. The van der Waals surface area contributed by atoms with Gasteiger partial charge in [0.25, 0.3) is 12.3 Å². The highest BCUT2D eigenvalue weighted by Gasteiger charge is 2.31. The van der Waals surface area contributed by atoms with E-state index in [1.54, 1.807) is 36.2 Å². The summed E-state index contributed by atoms with van der Waals surface area (Å²) in [6, 6.07) is 1.74. The molecular formula is C22H30F2N4O3. The van der Waals surface area contributed by atoms with E-state index in [9.17, 15) is 18.4 Å². The number of carbonyl (C=O) groups excluding carboxylic acids is 2. The molecule has 3 heterocycles. The second kappa shape index (κ2) is 10.9. The van der Waals surface area contributed by atoms with Crippen LogP contribution in [0.2, 0.25) is 0 Å². The average Bonchev–Trinajstić information content (AvgIpc) is 3.03. The SMILES string of the molecule is CC(C)C=O.CNc1nccc2c1CN(CC1=CC(C)=C(OCC(F)F)N(C)C1)C2=O. The highest BCUT2D eigenvalue weighted by molar-refractivity contribution is 5.99. The van der Waals surface area contributed by atoms with Crippen LogP contribution >= 0.6 is 0 Å². The van der Waals surface area contributed by atoms with Gasteiger partial charge in [0.1, 0.15) is 12.1 Å². The molecule has 1 N–H and O–H groups in total. The molecule has 9 heteroatoms. The van der Waals surface area contributed by atoms with Gasteiger partial charge >= 0.3 is 0 Å². The third kappa shape index (κ3) is 6.26. The fraction of sp³-hybridized carbons (Fsp3) is 0.500. The summed E-state index contributed by atoms with van der Waals surface area (Å²) in [5.41, 5.74) is 3.37. The van der Waals surface area contributed by atoms with Crippen LogP contribution in [-0.4, -0.2) is 67.2 Å². The maximum atomic E-state index is 12.7. The van der Waals surface area contributed by atoms with Crippen molar-refractivity contribution in [1.82, 2.24) is 14.8 Å². The number of nitrogens with zero attached hydrogens (tertiary/aromatic N) is 3. The van der Waals surface area contributed by atoms with Gasteiger partial charge in [-0.05, 0) is 18.6 Å². The fourth-order valence-corrected chi connectivity index (χ4v) is 3.43. The molecule has 1 amide bonds. The smallest absolute Gasteiger partial charge is 0.272 e. The van der Waals surface area contributed by atoms with Crippen molar-refractivity contribution in [1.29, 1.82) is 0 Å². The van der Waals surface area contributed by atoms with E-state index in [1.807, 2.05) is 26.8 Å². The van der Waals surface area contributed by atoms with Crippen LogP contribution in [-0.2, 0) is 16.1 Å². The Morgan fingerprint density at radius 2 is 2.00 bits per heavy atom. The summed E-state index contributed by atoms with van der Waals surface area (Å²) in [4.78, 5) is 30.0. The summed E-state index contributed by atoms with van der Waals surface area (Å²) < 4.78 is 30.0. The molecular weight excluding hydrogens is 406 g/mol. The molecule has 0 aromatic carbocycles. The molecule has 0 saturated heterocycles. The van der Waals surface area contributed by atoms with Crippen LogP contribution in [0.5, 0.6) is 0 Å². The Balaban J connectivity index is 0.000000614. The van der Waals surface area contributed by atoms with Crippen LogP contribution in [0.15, 0.2) is 35.4 Å². The maximum Gasteiger partial charge on any atom is 0.272 e. The predicted octanol–water partition coefficient (Wildman–Crippen LogP) is 3.31. The van der Waals surface area contributed by atoms with Gasteiger partial charge in [-0.3, -0.25) is 4.79 Å². The normalized spacial score (nSPS) is 15.6. The number of allylic oxidation sites excluding steroid dienone is 2. The molecule has 2 aliphatic heterocycles. The zero-order valence-electron chi connectivity index (χ0n) is 18.6. The number of pyridine rings is 1. The van der Waals surface area contributed by atoms with Crippen molar-refractivity contribution >= 4 is 18.0 Å². The number of fused-ring (bicyclic) bond motifs is 1. The number of aromatic nitrogens is 1. The number of anilines is 1. The largest absolute Gasteiger partial charge is 0.473 e. The van der Waals surface area contributed by atoms with Gasteiger partial charge in [0.2, 0.25) is 0 Å². The molecule has 0 aliphatic carbocycles. The lowest BCUT2D eigenvalue weighted by Gasteiger charge is -2.30. The summed E-state index contributed by atoms with van der Waals surface area (Å²) in [5.74, 6) is 1.34. The Labute approximate surface area is 181 Å². The Bertz CT molecular complexity index is 868. The number of amides is 1. The van der Waals surface area contributed by atoms with E-state index in [-0.39, 0.29) is 11.8 Å². The Morgan fingerprint density at radius 1 is 1.32 bits per heavy atom. The van der Waals surface area contributed by atoms with Gasteiger partial charge in [-0.2, -0.15) is 0 Å². The van der Waals surface area contributed by atoms with Gasteiger partial charge < -0.3 is 24.6 Å². The molecule has 0 radical (unpaired) electrons. The highest BCUT2D eigenvalue weighted by atomic mass is 19.3. The summed E-state index contributed by atoms with van der Waals surface area (Å²) in [6.45, 7) is 6.39. The molecule has 0 bridgehead atoms. The number of rotatable bonds is 7. The van der Waals surface area contributed by atoms with Crippen LogP contribution in [0.4, 0.5) is 14.6 Å². The third-order valence-electron chi connectivity index (χ3n) is 4.72. The van der Waals surface area contributed by atoms with Crippen molar-refractivity contribution in [3.8, 4) is 0 Å². The van der Waals surface area contributed by atoms with E-state index in [4.69, 9.17) is 4.74 Å². The summed E-state index contributed by atoms with van der Waals surface area (Å²) in [5, 5.41) is 3.02. The van der Waals surface area contributed by atoms with Gasteiger partial charge in [-0.1, -0.05) is 19.9 Å². The van der Waals surface area contributed by atoms with E-state index >= 15 is 0 Å². The minimum absolute atomic E-state index is 0.0242. The molecule has 0 fully saturated rings. The monoisotopic (exact) mass is 436 g/mol. The first-order chi connectivity index (χ1) is 14.7. The lowest BCUT2D eigenvalue weighted by Crippen LogP contribution is -2.33. The van der Waals surface area contributed by atoms with Crippen molar-refractivity contribution in [2.45, 2.75) is 33.7 Å². The van der Waals surface area contributed by atoms with Gasteiger partial charge in [-0.15, -0.1) is 0 Å². The van der Waals surface area contributed by atoms with Crippen molar-refractivity contribution in [2.24, 2.45) is 5.92 Å². The first kappa shape index (κ1) is 24.3. The topological polar surface area (TPSA) is 74.8 Å². The fourth-order valence-electron chi connectivity index (χ4n) is 3.43. The van der Waals surface area contributed by atoms with Gasteiger partial charge in [0, 0.05) is 56.0 Å². The van der Waals surface area contributed by atoms with E-state index in [1.165, 1.54) is 0 Å². The van der Waals surface area contributed by atoms with E-state index < -0.39 is 13.0 Å². The number of ether oxygens (including phenoxy) is 1. The summed E-state index contributed by atoms with van der Waals surface area (Å²) >= 11 is 0. The Morgan fingerprint density at radius 3 is 2.55 bits per heavy atom. The highest BCUT2D eigenvalue weighted by Crippen LogP contribution is 2.29. The third-order valence-corrected chi connectivity index (χ3v) is 4.72. The van der Waals surface area contributed by atoms with Crippen LogP contribution in [0.25, 0.3) is 0 Å². The number of nitrogens with one attached hydrogen (secondary N) is 1. The first-order valence-corrected chi connectivity index (χ1v) is 10.1. The number of carbonyl (C=O) groups is 2. The number of hydrogen-bond donors (Lipinski definition) is 1. The molecule has 31 heavy (non-hydrogen) atoms. The van der Waals surface area contributed by atoms with Crippen LogP contribution in [0, 0.1) is 5.92 Å². The van der Waals surface area contributed by atoms with E-state index in [0.29, 0.717) is 36.9 Å². The standard InChI is InChI=1S/C18H22F2N4O2.C4H8O/c1-11-6-12(7-23(3)18(11)26-10-15(19)20)8-24-9-14-13(17(24)25)4-5-22-16(14)21-2;1-4(2)3-5/h4-6,15H,7-10H2,1-3H3,(H,21,22);3-4H,1-2H3. The second-order valence-corrected chi connectivity index (χ2v) is 7.83. The molecule has 1 aromatic heterocycles. The lowest BCUT2D eigenvalue weighted by molar-refractivity contribution is -0.110. The minimum Gasteiger partial charge on any atom is -0.473 e. The van der Waals surface area contributed by atoms with Gasteiger partial charge in [0.15, 0.2) is 12.5 Å². The molecule has 0 unspecified atom stereocenters. The summed E-state index contributed by atoms with van der Waals surface area (Å²) in [7, 11) is 3.57. The predicted molar refractivity (Wildman–Crippen MR) is 115 cm³/mol. The number of likely N-dealkylation sites (N-methyl/N-ethyl adjacent to an activating group) is 1. The van der Waals surface area contributed by atoms with Crippen LogP contribution < -0.4 is 5.32 Å². The zero-order chi connectivity index (χ0) is 23.1. The molecule has 7 nitrogen and oxygen atoms in total. The van der Waals surface area contributed by atoms with Crippen molar-refractivity contribution in [3.05, 3.63) is 46.5 Å². The molecule has 0 spiro atoms. The van der Waals surface area contributed by atoms with Crippen molar-refractivity contribution in [2.75, 3.05) is 39.1 Å². The maximum absolute atomic E-state index is 12.7. The number of alkyl halides is 2. The second-order valence-electron chi connectivity index (χ2n) is 7.83. The molecule has 0 saturated carbocycles. The lowest BCUT2D eigenvalue weighted by atomic mass is 10.1. The van der Waals surface area contributed by atoms with Crippen molar-refractivity contribution < 1.29 is 23.1 Å². The minimum atomic E-state index is -2.51. The first-order valence-electron chi connectivity index (χ1n) is 10.1. The van der Waals surface area contributed by atoms with Crippen LogP contribution in [0.3, 0.4) is 0 Å². The molecule has 2 aliphatic rings. The Hall–Kier alpha value is -2.97. The van der Waals surface area contributed by atoms with Crippen molar-refractivity contribution in [3.63, 3.8) is 0 Å².